The number of likely N-dealkylation sites (tertiary alicyclic amines) is 2. The van der Waals surface area contributed by atoms with Crippen molar-refractivity contribution < 1.29 is 4.79 Å². The van der Waals surface area contributed by atoms with Gasteiger partial charge in [0.2, 0.25) is 5.91 Å². The number of nitrogens with zero attached hydrogens (tertiary/aromatic N) is 2. The summed E-state index contributed by atoms with van der Waals surface area (Å²) in [5, 5.41) is 0.962. The summed E-state index contributed by atoms with van der Waals surface area (Å²) in [5.74, 6) is 0.916. The predicted molar refractivity (Wildman–Crippen MR) is 73.4 cm³/mol. The summed E-state index contributed by atoms with van der Waals surface area (Å²) in [6.45, 7) is 6.76. The highest BCUT2D eigenvalue weighted by atomic mass is 79.9. The van der Waals surface area contributed by atoms with Gasteiger partial charge in [-0.25, -0.2) is 0 Å². The van der Waals surface area contributed by atoms with Crippen LogP contribution in [0.3, 0.4) is 0 Å². The van der Waals surface area contributed by atoms with Crippen LogP contribution in [0.15, 0.2) is 0 Å². The molecule has 2 aliphatic heterocycles. The van der Waals surface area contributed by atoms with E-state index in [-0.39, 0.29) is 0 Å². The van der Waals surface area contributed by atoms with Crippen molar-refractivity contribution in [3.8, 4) is 0 Å². The molecule has 0 aromatic rings. The molecule has 1 unspecified atom stereocenters. The van der Waals surface area contributed by atoms with Crippen LogP contribution in [0.5, 0.6) is 0 Å². The number of alkyl halides is 1. The summed E-state index contributed by atoms with van der Waals surface area (Å²) < 4.78 is 0. The Morgan fingerprint density at radius 1 is 1.35 bits per heavy atom. The minimum absolute atomic E-state index is 0.378. The Hall–Kier alpha value is -0.0900. The van der Waals surface area contributed by atoms with Crippen LogP contribution in [0.4, 0.5) is 0 Å². The Kier molecular flexibility index (Phi) is 4.86. The van der Waals surface area contributed by atoms with Crippen LogP contribution in [0.1, 0.15) is 32.6 Å². The van der Waals surface area contributed by atoms with Crippen LogP contribution in [0.2, 0.25) is 0 Å². The van der Waals surface area contributed by atoms with E-state index < -0.39 is 0 Å². The summed E-state index contributed by atoms with van der Waals surface area (Å²) in [5.41, 5.74) is 0. The standard InChI is InChI=1S/C13H23BrN2O/c1-2-5-15-6-3-12(4-7-15)16-10-11(9-14)8-13(16)17/h11-12H,2-10H2,1H3. The van der Waals surface area contributed by atoms with E-state index in [9.17, 15) is 4.79 Å². The number of amides is 1. The van der Waals surface area contributed by atoms with E-state index in [0.717, 1.165) is 18.3 Å². The van der Waals surface area contributed by atoms with Crippen LogP contribution in [-0.4, -0.2) is 53.3 Å². The molecular weight excluding hydrogens is 280 g/mol. The first-order valence-corrected chi connectivity index (χ1v) is 7.94. The van der Waals surface area contributed by atoms with Gasteiger partial charge in [0.1, 0.15) is 0 Å². The maximum atomic E-state index is 11.9. The molecule has 2 heterocycles. The third-order valence-corrected chi connectivity index (χ3v) is 4.91. The molecule has 0 bridgehead atoms. The van der Waals surface area contributed by atoms with Crippen molar-refractivity contribution >= 4 is 21.8 Å². The molecule has 2 aliphatic rings. The highest BCUT2D eigenvalue weighted by Crippen LogP contribution is 2.26. The van der Waals surface area contributed by atoms with Crippen LogP contribution in [-0.2, 0) is 4.79 Å². The third-order valence-electron chi connectivity index (χ3n) is 3.99. The second kappa shape index (κ2) is 6.19. The smallest absolute Gasteiger partial charge is 0.223 e. The predicted octanol–water partition coefficient (Wildman–Crippen LogP) is 2.10. The molecular formula is C13H23BrN2O. The van der Waals surface area contributed by atoms with Gasteiger partial charge >= 0.3 is 0 Å². The maximum absolute atomic E-state index is 11.9. The Morgan fingerprint density at radius 2 is 2.06 bits per heavy atom. The molecule has 0 aliphatic carbocycles. The molecule has 0 N–H and O–H groups in total. The minimum atomic E-state index is 0.378. The van der Waals surface area contributed by atoms with Gasteiger partial charge in [-0.2, -0.15) is 0 Å². The van der Waals surface area contributed by atoms with E-state index in [2.05, 4.69) is 32.7 Å². The van der Waals surface area contributed by atoms with Crippen molar-refractivity contribution in [1.82, 2.24) is 9.80 Å². The zero-order valence-electron chi connectivity index (χ0n) is 10.7. The fraction of sp³-hybridized carbons (Fsp3) is 0.923. The monoisotopic (exact) mass is 302 g/mol. The zero-order valence-corrected chi connectivity index (χ0v) is 12.3. The lowest BCUT2D eigenvalue weighted by Crippen LogP contribution is -2.45. The lowest BCUT2D eigenvalue weighted by molar-refractivity contribution is -0.130. The molecule has 0 saturated carbocycles. The van der Waals surface area contributed by atoms with Crippen molar-refractivity contribution in [3.05, 3.63) is 0 Å². The van der Waals surface area contributed by atoms with Gasteiger partial charge in [-0.15, -0.1) is 0 Å². The van der Waals surface area contributed by atoms with Crippen LogP contribution in [0.25, 0.3) is 0 Å². The van der Waals surface area contributed by atoms with Gasteiger partial charge in [-0.1, -0.05) is 22.9 Å². The fourth-order valence-electron chi connectivity index (χ4n) is 3.04. The Morgan fingerprint density at radius 3 is 2.59 bits per heavy atom. The van der Waals surface area contributed by atoms with Gasteiger partial charge < -0.3 is 9.80 Å². The average Bonchev–Trinajstić information content (AvgIpc) is 2.72. The number of carbonyl (C=O) groups excluding carboxylic acids is 1. The number of hydrogen-bond acceptors (Lipinski definition) is 2. The molecule has 2 rings (SSSR count). The summed E-state index contributed by atoms with van der Waals surface area (Å²) in [7, 11) is 0. The minimum Gasteiger partial charge on any atom is -0.339 e. The van der Waals surface area contributed by atoms with E-state index >= 15 is 0 Å². The Labute approximate surface area is 113 Å². The first kappa shape index (κ1) is 13.3. The molecule has 2 saturated heterocycles. The Balaban J connectivity index is 1.82. The molecule has 0 aromatic heterocycles. The van der Waals surface area contributed by atoms with Gasteiger partial charge in [0, 0.05) is 37.4 Å². The van der Waals surface area contributed by atoms with E-state index in [1.54, 1.807) is 0 Å². The van der Waals surface area contributed by atoms with Crippen molar-refractivity contribution in [2.75, 3.05) is 31.5 Å². The van der Waals surface area contributed by atoms with Gasteiger partial charge in [-0.3, -0.25) is 4.79 Å². The molecule has 3 nitrogen and oxygen atoms in total. The molecule has 98 valence electrons. The molecule has 4 heteroatoms. The highest BCUT2D eigenvalue weighted by molar-refractivity contribution is 9.09. The SMILES string of the molecule is CCCN1CCC(N2CC(CBr)CC2=O)CC1. The van der Waals surface area contributed by atoms with Crippen LogP contribution >= 0.6 is 15.9 Å². The van der Waals surface area contributed by atoms with Crippen molar-refractivity contribution in [2.45, 2.75) is 38.6 Å². The van der Waals surface area contributed by atoms with Crippen LogP contribution in [0, 0.1) is 5.92 Å². The molecule has 17 heavy (non-hydrogen) atoms. The highest BCUT2D eigenvalue weighted by Gasteiger charge is 2.34. The van der Waals surface area contributed by atoms with Gasteiger partial charge in [0.25, 0.3) is 0 Å². The summed E-state index contributed by atoms with van der Waals surface area (Å²) >= 11 is 3.50. The Bertz CT molecular complexity index is 264. The van der Waals surface area contributed by atoms with Crippen molar-refractivity contribution in [2.24, 2.45) is 5.92 Å². The summed E-state index contributed by atoms with van der Waals surface area (Å²) in [6.07, 6.45) is 4.32. The van der Waals surface area contributed by atoms with E-state index in [1.165, 1.54) is 38.9 Å². The fourth-order valence-corrected chi connectivity index (χ4v) is 3.47. The van der Waals surface area contributed by atoms with Crippen molar-refractivity contribution in [1.29, 1.82) is 0 Å². The average molecular weight is 303 g/mol. The number of carbonyl (C=O) groups is 1. The lowest BCUT2D eigenvalue weighted by Gasteiger charge is -2.36. The second-order valence-electron chi connectivity index (χ2n) is 5.34. The largest absolute Gasteiger partial charge is 0.339 e. The second-order valence-corrected chi connectivity index (χ2v) is 5.99. The molecule has 2 fully saturated rings. The molecule has 1 amide bonds. The summed E-state index contributed by atoms with van der Waals surface area (Å²) in [6, 6.07) is 0.514. The number of rotatable bonds is 4. The first-order valence-electron chi connectivity index (χ1n) is 6.82. The summed E-state index contributed by atoms with van der Waals surface area (Å²) in [4.78, 5) is 16.6. The number of piperidine rings is 1. The molecule has 0 spiro atoms. The first-order chi connectivity index (χ1) is 8.24. The number of hydrogen-bond donors (Lipinski definition) is 0. The van der Waals surface area contributed by atoms with E-state index in [1.807, 2.05) is 0 Å². The van der Waals surface area contributed by atoms with Gasteiger partial charge in [-0.05, 0) is 31.7 Å². The van der Waals surface area contributed by atoms with Gasteiger partial charge in [0.15, 0.2) is 0 Å². The van der Waals surface area contributed by atoms with E-state index in [0.29, 0.717) is 17.9 Å². The molecule has 0 aromatic carbocycles. The quantitative estimate of drug-likeness (QED) is 0.743. The van der Waals surface area contributed by atoms with Crippen LogP contribution < -0.4 is 0 Å². The maximum Gasteiger partial charge on any atom is 0.223 e. The lowest BCUT2D eigenvalue weighted by atomic mass is 10.0. The third kappa shape index (κ3) is 3.22. The zero-order chi connectivity index (χ0) is 12.3. The topological polar surface area (TPSA) is 23.6 Å². The van der Waals surface area contributed by atoms with Crippen molar-refractivity contribution in [3.63, 3.8) is 0 Å². The normalized spacial score (nSPS) is 28.0. The molecule has 1 atom stereocenters. The number of halogens is 1. The van der Waals surface area contributed by atoms with Gasteiger partial charge in [0.05, 0.1) is 0 Å². The molecule has 0 radical (unpaired) electrons. The van der Waals surface area contributed by atoms with E-state index in [4.69, 9.17) is 0 Å².